The molecule has 0 saturated heterocycles. The summed E-state index contributed by atoms with van der Waals surface area (Å²) in [5.41, 5.74) is 1.46. The molecule has 0 fully saturated rings. The Morgan fingerprint density at radius 3 is 2.50 bits per heavy atom. The molecule has 1 atom stereocenters. The Kier molecular flexibility index (Phi) is 4.31. The first kappa shape index (κ1) is 14.0. The van der Waals surface area contributed by atoms with Gasteiger partial charge in [-0.3, -0.25) is 0 Å². The quantitative estimate of drug-likeness (QED) is 0.916. The second-order valence-electron chi connectivity index (χ2n) is 4.65. The number of hydrogen-bond donors (Lipinski definition) is 1. The van der Waals surface area contributed by atoms with Crippen molar-refractivity contribution in [3.05, 3.63) is 65.2 Å². The van der Waals surface area contributed by atoms with Crippen molar-refractivity contribution in [2.45, 2.75) is 19.4 Å². The predicted octanol–water partition coefficient (Wildman–Crippen LogP) is 3.88. The number of halogens is 2. The molecule has 0 aliphatic heterocycles. The Labute approximate surface area is 116 Å². The van der Waals surface area contributed by atoms with Crippen LogP contribution < -0.4 is 5.32 Å². The molecular formula is C16H14F2N2. The third-order valence-corrected chi connectivity index (χ3v) is 2.98. The van der Waals surface area contributed by atoms with Gasteiger partial charge in [-0.05, 0) is 43.2 Å². The van der Waals surface area contributed by atoms with Crippen LogP contribution in [0.5, 0.6) is 0 Å². The van der Waals surface area contributed by atoms with Gasteiger partial charge in [0.2, 0.25) is 0 Å². The van der Waals surface area contributed by atoms with E-state index in [9.17, 15) is 8.78 Å². The SMILES string of the molecule is CC(Cc1ccc(F)cc1)Nc1cccc(F)c1C#N. The molecule has 0 aliphatic rings. The number of anilines is 1. The van der Waals surface area contributed by atoms with Crippen LogP contribution >= 0.6 is 0 Å². The average molecular weight is 272 g/mol. The molecule has 0 bridgehead atoms. The average Bonchev–Trinajstić information content (AvgIpc) is 2.42. The van der Waals surface area contributed by atoms with Gasteiger partial charge in [0.05, 0.1) is 5.69 Å². The maximum absolute atomic E-state index is 13.5. The topological polar surface area (TPSA) is 35.8 Å². The molecule has 0 spiro atoms. The first-order chi connectivity index (χ1) is 9.60. The molecule has 20 heavy (non-hydrogen) atoms. The summed E-state index contributed by atoms with van der Waals surface area (Å²) in [5, 5.41) is 12.1. The smallest absolute Gasteiger partial charge is 0.143 e. The fraction of sp³-hybridized carbons (Fsp3) is 0.188. The molecule has 1 N–H and O–H groups in total. The van der Waals surface area contributed by atoms with Gasteiger partial charge in [0.15, 0.2) is 0 Å². The molecule has 0 heterocycles. The first-order valence-electron chi connectivity index (χ1n) is 6.29. The third-order valence-electron chi connectivity index (χ3n) is 2.98. The highest BCUT2D eigenvalue weighted by Gasteiger charge is 2.10. The Morgan fingerprint density at radius 2 is 1.85 bits per heavy atom. The molecule has 0 aliphatic carbocycles. The highest BCUT2D eigenvalue weighted by atomic mass is 19.1. The molecule has 2 nitrogen and oxygen atoms in total. The van der Waals surface area contributed by atoms with Gasteiger partial charge in [0.1, 0.15) is 23.3 Å². The molecule has 0 amide bonds. The van der Waals surface area contributed by atoms with E-state index in [0.29, 0.717) is 12.1 Å². The number of rotatable bonds is 4. The second-order valence-corrected chi connectivity index (χ2v) is 4.65. The van der Waals surface area contributed by atoms with Gasteiger partial charge in [0.25, 0.3) is 0 Å². The minimum absolute atomic E-state index is 0.00522. The van der Waals surface area contributed by atoms with Crippen molar-refractivity contribution >= 4 is 5.69 Å². The minimum Gasteiger partial charge on any atom is -0.381 e. The van der Waals surface area contributed by atoms with Gasteiger partial charge < -0.3 is 5.32 Å². The van der Waals surface area contributed by atoms with E-state index in [1.807, 2.05) is 13.0 Å². The maximum Gasteiger partial charge on any atom is 0.143 e. The Morgan fingerprint density at radius 1 is 1.15 bits per heavy atom. The number of benzene rings is 2. The van der Waals surface area contributed by atoms with E-state index in [-0.39, 0.29) is 17.4 Å². The van der Waals surface area contributed by atoms with Crippen molar-refractivity contribution in [3.8, 4) is 6.07 Å². The summed E-state index contributed by atoms with van der Waals surface area (Å²) in [6, 6.07) is 12.6. The lowest BCUT2D eigenvalue weighted by Crippen LogP contribution is -2.19. The van der Waals surface area contributed by atoms with Crippen LogP contribution in [0.25, 0.3) is 0 Å². The van der Waals surface area contributed by atoms with E-state index >= 15 is 0 Å². The fourth-order valence-corrected chi connectivity index (χ4v) is 2.05. The summed E-state index contributed by atoms with van der Waals surface area (Å²) in [5.74, 6) is -0.808. The zero-order chi connectivity index (χ0) is 14.5. The van der Waals surface area contributed by atoms with Crippen LogP contribution in [-0.4, -0.2) is 6.04 Å². The monoisotopic (exact) mass is 272 g/mol. The highest BCUT2D eigenvalue weighted by Crippen LogP contribution is 2.19. The van der Waals surface area contributed by atoms with E-state index < -0.39 is 5.82 Å². The summed E-state index contributed by atoms with van der Waals surface area (Å²) in [6.45, 7) is 1.93. The van der Waals surface area contributed by atoms with E-state index in [1.165, 1.54) is 18.2 Å². The van der Waals surface area contributed by atoms with Crippen LogP contribution in [0.15, 0.2) is 42.5 Å². The summed E-state index contributed by atoms with van der Waals surface area (Å²) >= 11 is 0. The number of nitrogens with zero attached hydrogens (tertiary/aromatic N) is 1. The molecule has 4 heteroatoms. The molecule has 0 aromatic heterocycles. The van der Waals surface area contributed by atoms with Gasteiger partial charge in [-0.25, -0.2) is 8.78 Å². The van der Waals surface area contributed by atoms with Crippen LogP contribution in [0.2, 0.25) is 0 Å². The lowest BCUT2D eigenvalue weighted by molar-refractivity contribution is 0.623. The molecule has 2 rings (SSSR count). The number of nitriles is 1. The normalized spacial score (nSPS) is 11.7. The molecule has 2 aromatic rings. The van der Waals surface area contributed by atoms with E-state index in [0.717, 1.165) is 5.56 Å². The summed E-state index contributed by atoms with van der Waals surface area (Å²) in [7, 11) is 0. The minimum atomic E-state index is -0.536. The second kappa shape index (κ2) is 6.16. The fourth-order valence-electron chi connectivity index (χ4n) is 2.05. The summed E-state index contributed by atoms with van der Waals surface area (Å²) in [6.07, 6.45) is 0.654. The van der Waals surface area contributed by atoms with Crippen LogP contribution in [0, 0.1) is 23.0 Å². The Balaban J connectivity index is 2.09. The molecular weight excluding hydrogens is 258 g/mol. The van der Waals surface area contributed by atoms with E-state index in [2.05, 4.69) is 5.32 Å². The summed E-state index contributed by atoms with van der Waals surface area (Å²) in [4.78, 5) is 0. The van der Waals surface area contributed by atoms with Gasteiger partial charge >= 0.3 is 0 Å². The van der Waals surface area contributed by atoms with Crippen LogP contribution in [-0.2, 0) is 6.42 Å². The first-order valence-corrected chi connectivity index (χ1v) is 6.29. The van der Waals surface area contributed by atoms with Gasteiger partial charge in [-0.1, -0.05) is 18.2 Å². The van der Waals surface area contributed by atoms with Crippen molar-refractivity contribution in [3.63, 3.8) is 0 Å². The van der Waals surface area contributed by atoms with Crippen LogP contribution in [0.3, 0.4) is 0 Å². The molecule has 0 saturated carbocycles. The molecule has 0 radical (unpaired) electrons. The van der Waals surface area contributed by atoms with Gasteiger partial charge in [0, 0.05) is 6.04 Å². The Hall–Kier alpha value is -2.41. The van der Waals surface area contributed by atoms with Gasteiger partial charge in [-0.2, -0.15) is 5.26 Å². The molecule has 102 valence electrons. The van der Waals surface area contributed by atoms with Gasteiger partial charge in [-0.15, -0.1) is 0 Å². The Bertz CT molecular complexity index is 630. The van der Waals surface area contributed by atoms with E-state index in [1.54, 1.807) is 24.3 Å². The number of nitrogens with one attached hydrogen (secondary N) is 1. The van der Waals surface area contributed by atoms with Crippen molar-refractivity contribution in [1.82, 2.24) is 0 Å². The third kappa shape index (κ3) is 3.33. The van der Waals surface area contributed by atoms with Crippen molar-refractivity contribution in [2.24, 2.45) is 0 Å². The highest BCUT2D eigenvalue weighted by molar-refractivity contribution is 5.58. The molecule has 1 unspecified atom stereocenters. The predicted molar refractivity (Wildman–Crippen MR) is 74.3 cm³/mol. The summed E-state index contributed by atoms with van der Waals surface area (Å²) < 4.78 is 26.3. The zero-order valence-electron chi connectivity index (χ0n) is 11.0. The lowest BCUT2D eigenvalue weighted by atomic mass is 10.1. The van der Waals surface area contributed by atoms with Crippen molar-refractivity contribution in [2.75, 3.05) is 5.32 Å². The number of hydrogen-bond acceptors (Lipinski definition) is 2. The van der Waals surface area contributed by atoms with Crippen molar-refractivity contribution in [1.29, 1.82) is 5.26 Å². The van der Waals surface area contributed by atoms with Crippen molar-refractivity contribution < 1.29 is 8.78 Å². The van der Waals surface area contributed by atoms with Crippen LogP contribution in [0.4, 0.5) is 14.5 Å². The lowest BCUT2D eigenvalue weighted by Gasteiger charge is -2.16. The largest absolute Gasteiger partial charge is 0.381 e. The van der Waals surface area contributed by atoms with Crippen LogP contribution in [0.1, 0.15) is 18.1 Å². The standard InChI is InChI=1S/C16H14F2N2/c1-11(9-12-5-7-13(17)8-6-12)20-16-4-2-3-15(18)14(16)10-19/h2-8,11,20H,9H2,1H3. The molecule has 2 aromatic carbocycles. The zero-order valence-corrected chi connectivity index (χ0v) is 11.0. The van der Waals surface area contributed by atoms with E-state index in [4.69, 9.17) is 5.26 Å². The maximum atomic E-state index is 13.5.